The highest BCUT2D eigenvalue weighted by Gasteiger charge is 2.34. The summed E-state index contributed by atoms with van der Waals surface area (Å²) in [6.45, 7) is 14.5. The van der Waals surface area contributed by atoms with Crippen molar-refractivity contribution in [1.82, 2.24) is 35.1 Å². The topological polar surface area (TPSA) is 264 Å². The fraction of sp³-hybridized carbons (Fsp3) is 0.305. The molecule has 5 aromatic rings. The number of aliphatic hydroxyl groups excluding tert-OH is 1. The molecule has 7 N–H and O–H groups in total. The summed E-state index contributed by atoms with van der Waals surface area (Å²) < 4.78 is 58.8. The largest absolute Gasteiger partial charge is 0.439 e. The van der Waals surface area contributed by atoms with Crippen LogP contribution in [-0.2, 0) is 34.8 Å². The molecule has 0 radical (unpaired) electrons. The molecule has 6 atom stereocenters. The van der Waals surface area contributed by atoms with Crippen molar-refractivity contribution in [2.24, 2.45) is 17.6 Å². The number of pyridine rings is 1. The maximum Gasteiger partial charge on any atom is 0.416 e. The number of nitrogens with two attached hydrogens (primary N) is 1. The molecule has 0 fully saturated rings. The van der Waals surface area contributed by atoms with E-state index in [1.165, 1.54) is 37.3 Å². The van der Waals surface area contributed by atoms with Gasteiger partial charge in [-0.2, -0.15) is 13.2 Å². The average molecular weight is 1120 g/mol. The van der Waals surface area contributed by atoms with Crippen molar-refractivity contribution < 1.29 is 56.5 Å². The molecular weight excluding hydrogens is 1050 g/mol. The van der Waals surface area contributed by atoms with E-state index in [9.17, 15) is 42.3 Å². The lowest BCUT2D eigenvalue weighted by molar-refractivity contribution is -0.137. The number of halogens is 3. The Kier molecular flexibility index (Phi) is 21.1. The highest BCUT2D eigenvalue weighted by molar-refractivity contribution is 6.23. The first-order valence-electron chi connectivity index (χ1n) is 25.6. The van der Waals surface area contributed by atoms with Crippen molar-refractivity contribution in [3.63, 3.8) is 0 Å². The fourth-order valence-electron chi connectivity index (χ4n) is 8.83. The highest BCUT2D eigenvalue weighted by atomic mass is 19.4. The van der Waals surface area contributed by atoms with Gasteiger partial charge in [-0.1, -0.05) is 50.3 Å². The maximum absolute atomic E-state index is 13.6. The molecule has 2 bridgehead atoms. The lowest BCUT2D eigenvalue weighted by Crippen LogP contribution is -2.37. The van der Waals surface area contributed by atoms with Gasteiger partial charge in [-0.15, -0.1) is 6.58 Å². The molecule has 81 heavy (non-hydrogen) atoms. The summed E-state index contributed by atoms with van der Waals surface area (Å²) in [7, 11) is 2.92. The number of imidazole rings is 1. The van der Waals surface area contributed by atoms with Crippen molar-refractivity contribution in [2.75, 3.05) is 31.4 Å². The van der Waals surface area contributed by atoms with E-state index in [4.69, 9.17) is 19.9 Å². The molecule has 426 valence electrons. The molecule has 1 aliphatic carbocycles. The van der Waals surface area contributed by atoms with Crippen molar-refractivity contribution >= 4 is 46.8 Å². The number of carbonyl (C=O) groups is 5. The molecule has 0 spiro atoms. The monoisotopic (exact) mass is 1110 g/mol. The Morgan fingerprint density at radius 3 is 2.42 bits per heavy atom. The van der Waals surface area contributed by atoms with E-state index in [0.29, 0.717) is 35.0 Å². The number of Topliss-reactive ketones (excluding diaryl/α,β-unsaturated/α-hetero) is 1. The number of amides is 3. The first kappa shape index (κ1) is 61.4. The van der Waals surface area contributed by atoms with Gasteiger partial charge in [0.25, 0.3) is 11.8 Å². The van der Waals surface area contributed by atoms with Crippen LogP contribution < -0.4 is 27.0 Å². The SMILES string of the molecule is C=CCNC1=C2C[C@@H](C)C[C@H](OC)[C@H](O)[C@@H](C)/C=C(\C)[C@@H](OC(N)=O)[C@@H](OC)/C=C\C=C(/C)C(=O)NC(=CC1=O)C2=O.Cc1cn(-c2cc(NC(=O)c3ccc(C)c(Nc4nccc(-c5cccnc5)n4)c3)cc(C(F)(F)F)c2)cn1. The third-order valence-electron chi connectivity index (χ3n) is 13.1. The minimum atomic E-state index is -4.60. The van der Waals surface area contributed by atoms with Gasteiger partial charge in [-0.05, 0) is 106 Å². The number of nitrogens with one attached hydrogen (secondary N) is 4. The molecule has 3 amide bonds. The van der Waals surface area contributed by atoms with E-state index in [-0.39, 0.29) is 58.4 Å². The number of nitrogens with zero attached hydrogens (tertiary/aromatic N) is 5. The van der Waals surface area contributed by atoms with Crippen LogP contribution in [0.15, 0.2) is 157 Å². The number of methoxy groups -OCH3 is 2. The Morgan fingerprint density at radius 2 is 1.77 bits per heavy atom. The number of ketones is 2. The number of fused-ring (bicyclic) bond motifs is 2. The average Bonchev–Trinajstić information content (AvgIpc) is 4.06. The first-order chi connectivity index (χ1) is 38.5. The number of alkyl halides is 3. The Balaban J connectivity index is 0.000000261. The van der Waals surface area contributed by atoms with Gasteiger partial charge in [-0.25, -0.2) is 19.7 Å². The summed E-state index contributed by atoms with van der Waals surface area (Å²) in [6.07, 6.45) is 8.72. The number of hydrogen-bond acceptors (Lipinski definition) is 15. The van der Waals surface area contributed by atoms with Gasteiger partial charge in [0, 0.05) is 96.9 Å². The zero-order chi connectivity index (χ0) is 59.1. The lowest BCUT2D eigenvalue weighted by Gasteiger charge is -2.30. The summed E-state index contributed by atoms with van der Waals surface area (Å²) in [5, 5.41) is 22.5. The minimum absolute atomic E-state index is 0.00114. The molecule has 3 aromatic heterocycles. The van der Waals surface area contributed by atoms with E-state index in [1.807, 2.05) is 19.9 Å². The smallest absolute Gasteiger partial charge is 0.416 e. The normalized spacial score (nSPS) is 21.8. The summed E-state index contributed by atoms with van der Waals surface area (Å²) in [6, 6.07) is 13.7. The second kappa shape index (κ2) is 27.8. The van der Waals surface area contributed by atoms with E-state index in [1.54, 1.807) is 107 Å². The predicted molar refractivity (Wildman–Crippen MR) is 299 cm³/mol. The van der Waals surface area contributed by atoms with Crippen molar-refractivity contribution in [3.05, 3.63) is 179 Å². The quantitative estimate of drug-likeness (QED) is 0.0503. The summed E-state index contributed by atoms with van der Waals surface area (Å²) in [5.41, 5.74) is 9.51. The van der Waals surface area contributed by atoms with Gasteiger partial charge in [0.15, 0.2) is 6.10 Å². The third-order valence-corrected chi connectivity index (χ3v) is 13.1. The Morgan fingerprint density at radius 1 is 1.00 bits per heavy atom. The van der Waals surface area contributed by atoms with E-state index >= 15 is 0 Å². The summed E-state index contributed by atoms with van der Waals surface area (Å²) >= 11 is 0. The molecule has 0 unspecified atom stereocenters. The van der Waals surface area contributed by atoms with Crippen LogP contribution >= 0.6 is 0 Å². The standard InChI is InChI=1S/C31H43N3O8.C28H22F3N7O/c1-8-12-33-26-21-13-17(2)14-25(41-7)27(36)19(4)15-20(5)29(42-31(32)39)24(40-6)11-9-10-18(3)30(38)34-22(28(21)37)16-23(26)35;1-17-5-6-19(10-25(17)37-27-33-9-7-24(36-27)20-4-3-8-32-14-20)26(39)35-22-11-21(28(29,30)31)12-23(13-22)38-15-18(2)34-16-38/h8-11,15-17,19,24-25,27,29,33,36H,1,12-14H2,2-7H3,(H2,32,39)(H,34,38);3-16H,1-2H3,(H,35,39)(H,33,36,37)/b11-9-,18-10+,20-15+;/t17-,19+,24+,25+,27-,29-;/m1./s1. The van der Waals surface area contributed by atoms with Gasteiger partial charge in [-0.3, -0.25) is 24.2 Å². The molecule has 2 aromatic carbocycles. The number of hydrogen-bond donors (Lipinski definition) is 6. The van der Waals surface area contributed by atoms with Crippen molar-refractivity contribution in [2.45, 2.75) is 85.0 Å². The van der Waals surface area contributed by atoms with Crippen LogP contribution in [0.5, 0.6) is 0 Å². The highest BCUT2D eigenvalue weighted by Crippen LogP contribution is 2.34. The number of primary amides is 1. The molecular formula is C59H65F3N10O9. The number of anilines is 3. The number of aryl methyl sites for hydroxylation is 2. The van der Waals surface area contributed by atoms with Gasteiger partial charge < -0.3 is 50.9 Å². The Bertz CT molecular complexity index is 3300. The number of allylic oxidation sites excluding steroid dienone is 4. The van der Waals surface area contributed by atoms with Crippen LogP contribution in [0, 0.1) is 25.7 Å². The molecule has 0 saturated carbocycles. The van der Waals surface area contributed by atoms with E-state index in [2.05, 4.69) is 47.8 Å². The van der Waals surface area contributed by atoms with Gasteiger partial charge >= 0.3 is 12.3 Å². The second-order valence-electron chi connectivity index (χ2n) is 19.4. The lowest BCUT2D eigenvalue weighted by atomic mass is 9.85. The number of rotatable bonds is 12. The predicted octanol–water partition coefficient (Wildman–Crippen LogP) is 8.89. The van der Waals surface area contributed by atoms with Crippen LogP contribution in [0.1, 0.15) is 67.7 Å². The molecule has 19 nitrogen and oxygen atoms in total. The minimum Gasteiger partial charge on any atom is -0.439 e. The van der Waals surface area contributed by atoms with Crippen molar-refractivity contribution in [1.29, 1.82) is 0 Å². The van der Waals surface area contributed by atoms with Gasteiger partial charge in [0.2, 0.25) is 17.5 Å². The Hall–Kier alpha value is -8.86. The maximum atomic E-state index is 13.6. The second-order valence-corrected chi connectivity index (χ2v) is 19.4. The van der Waals surface area contributed by atoms with Crippen LogP contribution in [0.4, 0.5) is 35.3 Å². The fourth-order valence-corrected chi connectivity index (χ4v) is 8.83. The number of aliphatic hydroxyl groups is 1. The molecule has 4 heterocycles. The molecule has 7 rings (SSSR count). The number of carbonyl (C=O) groups excluding carboxylic acids is 5. The first-order valence-corrected chi connectivity index (χ1v) is 25.6. The molecule has 2 aliphatic rings. The Labute approximate surface area is 467 Å². The third kappa shape index (κ3) is 16.6. The van der Waals surface area contributed by atoms with Gasteiger partial charge in [0.05, 0.1) is 46.9 Å². The molecule has 0 saturated heterocycles. The molecule has 1 aliphatic heterocycles. The van der Waals surface area contributed by atoms with Crippen LogP contribution in [0.3, 0.4) is 0 Å². The van der Waals surface area contributed by atoms with Gasteiger partial charge in [0.1, 0.15) is 6.10 Å². The van der Waals surface area contributed by atoms with Crippen LogP contribution in [0.2, 0.25) is 0 Å². The summed E-state index contributed by atoms with van der Waals surface area (Å²) in [5.74, 6) is -2.40. The zero-order valence-electron chi connectivity index (χ0n) is 46.0. The van der Waals surface area contributed by atoms with Crippen LogP contribution in [0.25, 0.3) is 16.9 Å². The number of ether oxygens (including phenoxy) is 3. The number of aromatic nitrogens is 5. The van der Waals surface area contributed by atoms with E-state index in [0.717, 1.165) is 29.3 Å². The molecule has 22 heteroatoms. The zero-order valence-corrected chi connectivity index (χ0v) is 46.0. The number of benzene rings is 2. The van der Waals surface area contributed by atoms with Crippen molar-refractivity contribution in [3.8, 4) is 16.9 Å². The van der Waals surface area contributed by atoms with Crippen LogP contribution in [-0.4, -0.2) is 104 Å². The van der Waals surface area contributed by atoms with E-state index < -0.39 is 71.5 Å². The summed E-state index contributed by atoms with van der Waals surface area (Å²) in [4.78, 5) is 81.3.